The van der Waals surface area contributed by atoms with Gasteiger partial charge in [0.2, 0.25) is 0 Å². The molecule has 0 aromatic heterocycles. The van der Waals surface area contributed by atoms with Crippen LogP contribution in [0.4, 0.5) is 0 Å². The summed E-state index contributed by atoms with van der Waals surface area (Å²) in [4.78, 5) is 0. The number of hydrogen-bond acceptors (Lipinski definition) is 2. The van der Waals surface area contributed by atoms with Gasteiger partial charge in [0.05, 0.1) is 14.2 Å². The monoisotopic (exact) mass is 294 g/mol. The highest BCUT2D eigenvalue weighted by atomic mass is 16.5. The van der Waals surface area contributed by atoms with Crippen molar-refractivity contribution in [1.82, 2.24) is 0 Å². The van der Waals surface area contributed by atoms with Gasteiger partial charge in [0.15, 0.2) is 0 Å². The number of allylic oxidation sites excluding steroid dienone is 2. The van der Waals surface area contributed by atoms with Crippen LogP contribution < -0.4 is 9.47 Å². The van der Waals surface area contributed by atoms with Gasteiger partial charge in [0.1, 0.15) is 11.5 Å². The molecule has 0 atom stereocenters. The van der Waals surface area contributed by atoms with Crippen molar-refractivity contribution in [2.75, 3.05) is 14.2 Å². The summed E-state index contributed by atoms with van der Waals surface area (Å²) in [6.45, 7) is 7.61. The van der Waals surface area contributed by atoms with Crippen LogP contribution >= 0.6 is 0 Å². The van der Waals surface area contributed by atoms with Crippen LogP contribution in [-0.4, -0.2) is 14.2 Å². The molecule has 0 spiro atoms. The minimum Gasteiger partial charge on any atom is -0.496 e. The highest BCUT2D eigenvalue weighted by Gasteiger charge is 2.12. The average Bonchev–Trinajstić information content (AvgIpc) is 2.55. The lowest BCUT2D eigenvalue weighted by molar-refractivity contribution is 0.410. The molecule has 0 amide bonds. The van der Waals surface area contributed by atoms with Crippen molar-refractivity contribution in [3.63, 3.8) is 0 Å². The molecular weight excluding hydrogens is 272 g/mol. The zero-order valence-corrected chi connectivity index (χ0v) is 13.3. The lowest BCUT2D eigenvalue weighted by Crippen LogP contribution is -1.95. The van der Waals surface area contributed by atoms with E-state index in [-0.39, 0.29) is 0 Å². The molecule has 0 aliphatic carbocycles. The third kappa shape index (κ3) is 3.40. The molecule has 0 saturated carbocycles. The lowest BCUT2D eigenvalue weighted by Gasteiger charge is -2.15. The van der Waals surface area contributed by atoms with Gasteiger partial charge < -0.3 is 9.47 Å². The smallest absolute Gasteiger partial charge is 0.126 e. The van der Waals surface area contributed by atoms with Crippen molar-refractivity contribution in [2.45, 2.75) is 12.8 Å². The van der Waals surface area contributed by atoms with Crippen molar-refractivity contribution in [1.29, 1.82) is 0 Å². The second-order valence-corrected chi connectivity index (χ2v) is 5.05. The molecular formula is C20H22O2. The molecule has 0 fully saturated rings. The van der Waals surface area contributed by atoms with E-state index in [9.17, 15) is 0 Å². The number of ether oxygens (including phenoxy) is 2. The fraction of sp³-hybridized carbons (Fsp3) is 0.200. The predicted octanol–water partition coefficient (Wildman–Crippen LogP) is 4.83. The Hall–Kier alpha value is -2.48. The number of rotatable bonds is 7. The molecule has 2 aromatic carbocycles. The Morgan fingerprint density at radius 1 is 0.773 bits per heavy atom. The fourth-order valence-electron chi connectivity index (χ4n) is 2.52. The lowest BCUT2D eigenvalue weighted by atomic mass is 9.97. The van der Waals surface area contributed by atoms with Gasteiger partial charge in [-0.25, -0.2) is 0 Å². The molecule has 0 aliphatic heterocycles. The highest BCUT2D eigenvalue weighted by Crippen LogP contribution is 2.37. The summed E-state index contributed by atoms with van der Waals surface area (Å²) in [6.07, 6.45) is 5.45. The Bertz CT molecular complexity index is 612. The zero-order valence-electron chi connectivity index (χ0n) is 13.3. The number of methoxy groups -OCH3 is 2. The molecule has 0 bridgehead atoms. The van der Waals surface area contributed by atoms with E-state index in [0.29, 0.717) is 0 Å². The molecule has 2 nitrogen and oxygen atoms in total. The third-order valence-corrected chi connectivity index (χ3v) is 3.58. The van der Waals surface area contributed by atoms with E-state index in [2.05, 4.69) is 37.4 Å². The van der Waals surface area contributed by atoms with Crippen LogP contribution in [0.2, 0.25) is 0 Å². The van der Waals surface area contributed by atoms with E-state index in [1.54, 1.807) is 14.2 Å². The van der Waals surface area contributed by atoms with Crippen LogP contribution in [0.25, 0.3) is 11.1 Å². The van der Waals surface area contributed by atoms with Crippen molar-refractivity contribution in [2.24, 2.45) is 0 Å². The number of benzene rings is 2. The Labute approximate surface area is 132 Å². The first kappa shape index (κ1) is 15.9. The van der Waals surface area contributed by atoms with Gasteiger partial charge in [-0.3, -0.25) is 0 Å². The van der Waals surface area contributed by atoms with E-state index in [1.165, 1.54) is 11.1 Å². The van der Waals surface area contributed by atoms with Crippen molar-refractivity contribution >= 4 is 0 Å². The van der Waals surface area contributed by atoms with Gasteiger partial charge in [0, 0.05) is 11.1 Å². The molecule has 22 heavy (non-hydrogen) atoms. The highest BCUT2D eigenvalue weighted by molar-refractivity contribution is 5.77. The van der Waals surface area contributed by atoms with Gasteiger partial charge in [-0.1, -0.05) is 24.3 Å². The first-order valence-corrected chi connectivity index (χ1v) is 7.29. The Kier molecular flexibility index (Phi) is 5.42. The summed E-state index contributed by atoms with van der Waals surface area (Å²) < 4.78 is 11.1. The Morgan fingerprint density at radius 3 is 1.50 bits per heavy atom. The van der Waals surface area contributed by atoms with Gasteiger partial charge in [-0.2, -0.15) is 0 Å². The van der Waals surface area contributed by atoms with Crippen LogP contribution in [0, 0.1) is 0 Å². The molecule has 0 N–H and O–H groups in total. The quantitative estimate of drug-likeness (QED) is 0.681. The second kappa shape index (κ2) is 7.51. The molecule has 114 valence electrons. The molecule has 0 radical (unpaired) electrons. The van der Waals surface area contributed by atoms with Gasteiger partial charge >= 0.3 is 0 Å². The maximum absolute atomic E-state index is 5.53. The summed E-state index contributed by atoms with van der Waals surface area (Å²) in [5.41, 5.74) is 4.46. The fourth-order valence-corrected chi connectivity index (χ4v) is 2.52. The molecule has 2 aromatic rings. The summed E-state index contributed by atoms with van der Waals surface area (Å²) in [6, 6.07) is 12.4. The van der Waals surface area contributed by atoms with Crippen LogP contribution in [0.5, 0.6) is 11.5 Å². The normalized spacial score (nSPS) is 10.1. The third-order valence-electron chi connectivity index (χ3n) is 3.58. The minimum atomic E-state index is 0.825. The average molecular weight is 294 g/mol. The molecule has 0 aliphatic rings. The molecule has 2 rings (SSSR count). The number of hydrogen-bond donors (Lipinski definition) is 0. The Balaban J connectivity index is 2.61. The van der Waals surface area contributed by atoms with Crippen molar-refractivity contribution < 1.29 is 9.47 Å². The van der Waals surface area contributed by atoms with E-state index in [4.69, 9.17) is 9.47 Å². The van der Waals surface area contributed by atoms with Crippen LogP contribution in [0.15, 0.2) is 61.7 Å². The van der Waals surface area contributed by atoms with Gasteiger partial charge in [0.25, 0.3) is 0 Å². The van der Waals surface area contributed by atoms with E-state index < -0.39 is 0 Å². The first-order valence-electron chi connectivity index (χ1n) is 7.29. The molecule has 2 heteroatoms. The van der Waals surface area contributed by atoms with Crippen LogP contribution in [0.1, 0.15) is 11.1 Å². The topological polar surface area (TPSA) is 18.5 Å². The van der Waals surface area contributed by atoms with E-state index in [1.807, 2.05) is 24.3 Å². The predicted molar refractivity (Wildman–Crippen MR) is 92.8 cm³/mol. The van der Waals surface area contributed by atoms with E-state index in [0.717, 1.165) is 35.5 Å². The summed E-state index contributed by atoms with van der Waals surface area (Å²) in [7, 11) is 3.37. The van der Waals surface area contributed by atoms with Crippen LogP contribution in [0.3, 0.4) is 0 Å². The van der Waals surface area contributed by atoms with Crippen molar-refractivity contribution in [3.05, 3.63) is 72.8 Å². The maximum atomic E-state index is 5.53. The Morgan fingerprint density at radius 2 is 1.18 bits per heavy atom. The summed E-state index contributed by atoms with van der Waals surface area (Å²) in [5, 5.41) is 0. The minimum absolute atomic E-state index is 0.825. The summed E-state index contributed by atoms with van der Waals surface area (Å²) >= 11 is 0. The molecule has 0 heterocycles. The first-order chi connectivity index (χ1) is 10.7. The summed E-state index contributed by atoms with van der Waals surface area (Å²) in [5.74, 6) is 1.67. The van der Waals surface area contributed by atoms with Crippen LogP contribution in [-0.2, 0) is 12.8 Å². The van der Waals surface area contributed by atoms with Crippen molar-refractivity contribution in [3.8, 4) is 22.6 Å². The zero-order chi connectivity index (χ0) is 15.9. The SMILES string of the molecule is C=CCc1ccc(OC)c(-c2cc(CC=C)ccc2OC)c1. The maximum Gasteiger partial charge on any atom is 0.126 e. The second-order valence-electron chi connectivity index (χ2n) is 5.05. The standard InChI is InChI=1S/C20H22O2/c1-5-7-15-9-11-19(21-3)17(13-15)18-14-16(8-6-2)10-12-20(18)22-4/h5-6,9-14H,1-2,7-8H2,3-4H3. The van der Waals surface area contributed by atoms with Gasteiger partial charge in [-0.15, -0.1) is 13.2 Å². The van der Waals surface area contributed by atoms with Gasteiger partial charge in [-0.05, 0) is 48.2 Å². The molecule has 0 unspecified atom stereocenters. The van der Waals surface area contributed by atoms with E-state index >= 15 is 0 Å². The largest absolute Gasteiger partial charge is 0.496 e. The molecule has 0 saturated heterocycles.